The maximum atomic E-state index is 4.92. The highest BCUT2D eigenvalue weighted by Crippen LogP contribution is 2.33. The van der Waals surface area contributed by atoms with Gasteiger partial charge >= 0.3 is 0 Å². The van der Waals surface area contributed by atoms with E-state index in [0.717, 1.165) is 48.3 Å². The topological polar surface area (TPSA) is 62.5 Å². The summed E-state index contributed by atoms with van der Waals surface area (Å²) in [7, 11) is 0. The average molecular weight is 365 g/mol. The fourth-order valence-electron chi connectivity index (χ4n) is 3.46. The second-order valence-corrected chi connectivity index (χ2v) is 7.64. The quantitative estimate of drug-likeness (QED) is 0.544. The van der Waals surface area contributed by atoms with Crippen molar-refractivity contribution in [2.75, 3.05) is 36.0 Å². The van der Waals surface area contributed by atoms with Crippen molar-refractivity contribution in [1.29, 1.82) is 0 Å². The van der Waals surface area contributed by atoms with Gasteiger partial charge < -0.3 is 9.80 Å². The number of aryl methyl sites for hydroxylation is 2. The molecule has 5 rings (SSSR count). The van der Waals surface area contributed by atoms with Crippen LogP contribution < -0.4 is 9.80 Å². The SMILES string of the molecule is Cc1ccc(C)c2sc(N3CCN(c4nccn5cnnc45)CC3)nc12. The molecule has 0 bridgehead atoms. The van der Waals surface area contributed by atoms with Crippen molar-refractivity contribution in [2.45, 2.75) is 13.8 Å². The van der Waals surface area contributed by atoms with Gasteiger partial charge in [0.25, 0.3) is 0 Å². The third kappa shape index (κ3) is 2.40. The van der Waals surface area contributed by atoms with Gasteiger partial charge in [0.15, 0.2) is 10.9 Å². The van der Waals surface area contributed by atoms with Crippen LogP contribution in [0.15, 0.2) is 30.9 Å². The van der Waals surface area contributed by atoms with Crippen LogP contribution >= 0.6 is 11.3 Å². The molecular weight excluding hydrogens is 346 g/mol. The molecule has 4 heterocycles. The predicted octanol–water partition coefficient (Wildman–Crippen LogP) is 2.68. The van der Waals surface area contributed by atoms with E-state index < -0.39 is 0 Å². The number of anilines is 2. The van der Waals surface area contributed by atoms with Crippen molar-refractivity contribution < 1.29 is 0 Å². The fraction of sp³-hybridized carbons (Fsp3) is 0.333. The molecule has 1 aliphatic rings. The number of hydrogen-bond donors (Lipinski definition) is 0. The zero-order chi connectivity index (χ0) is 17.7. The summed E-state index contributed by atoms with van der Waals surface area (Å²) in [5.74, 6) is 0.903. The molecule has 7 nitrogen and oxygen atoms in total. The normalized spacial score (nSPS) is 15.3. The molecule has 0 spiro atoms. The maximum Gasteiger partial charge on any atom is 0.203 e. The summed E-state index contributed by atoms with van der Waals surface area (Å²) in [6, 6.07) is 4.34. The van der Waals surface area contributed by atoms with E-state index in [1.54, 1.807) is 23.9 Å². The van der Waals surface area contributed by atoms with Crippen molar-refractivity contribution >= 4 is 38.2 Å². The number of aromatic nitrogens is 5. The monoisotopic (exact) mass is 365 g/mol. The standard InChI is InChI=1S/C18H19N7S/c1-12-3-4-13(2)15-14(12)21-18(26-15)24-9-7-23(8-10-24)16-17-22-20-11-25(17)6-5-19-16/h3-6,11H,7-10H2,1-2H3. The summed E-state index contributed by atoms with van der Waals surface area (Å²) in [5.41, 5.74) is 4.50. The lowest BCUT2D eigenvalue weighted by atomic mass is 10.1. The third-order valence-corrected chi connectivity index (χ3v) is 6.23. The first-order valence-corrected chi connectivity index (χ1v) is 9.53. The van der Waals surface area contributed by atoms with Gasteiger partial charge in [0.2, 0.25) is 5.65 Å². The Morgan fingerprint density at radius 3 is 2.58 bits per heavy atom. The number of thiazole rings is 1. The van der Waals surface area contributed by atoms with Crippen LogP contribution in [0, 0.1) is 13.8 Å². The molecule has 1 aliphatic heterocycles. The lowest BCUT2D eigenvalue weighted by Crippen LogP contribution is -2.47. The van der Waals surface area contributed by atoms with Crippen molar-refractivity contribution in [3.8, 4) is 0 Å². The van der Waals surface area contributed by atoms with Crippen molar-refractivity contribution in [3.05, 3.63) is 42.0 Å². The van der Waals surface area contributed by atoms with E-state index in [9.17, 15) is 0 Å². The van der Waals surface area contributed by atoms with Gasteiger partial charge in [0.05, 0.1) is 10.2 Å². The Labute approximate surface area is 154 Å². The molecule has 0 N–H and O–H groups in total. The Morgan fingerprint density at radius 2 is 1.77 bits per heavy atom. The van der Waals surface area contributed by atoms with Crippen LogP contribution in [-0.4, -0.2) is 50.7 Å². The van der Waals surface area contributed by atoms with E-state index in [0.29, 0.717) is 0 Å². The highest BCUT2D eigenvalue weighted by atomic mass is 32.1. The first-order valence-electron chi connectivity index (χ1n) is 8.72. The number of benzene rings is 1. The van der Waals surface area contributed by atoms with Gasteiger partial charge in [-0.2, -0.15) is 0 Å². The molecule has 26 heavy (non-hydrogen) atoms. The molecule has 1 saturated heterocycles. The van der Waals surface area contributed by atoms with Crippen LogP contribution in [-0.2, 0) is 0 Å². The number of fused-ring (bicyclic) bond motifs is 2. The van der Waals surface area contributed by atoms with Crippen LogP contribution in [0.4, 0.5) is 10.9 Å². The zero-order valence-electron chi connectivity index (χ0n) is 14.8. The summed E-state index contributed by atoms with van der Waals surface area (Å²) >= 11 is 1.80. The fourth-order valence-corrected chi connectivity index (χ4v) is 4.62. The van der Waals surface area contributed by atoms with E-state index in [1.165, 1.54) is 15.8 Å². The summed E-state index contributed by atoms with van der Waals surface area (Å²) in [5, 5.41) is 9.31. The summed E-state index contributed by atoms with van der Waals surface area (Å²) in [6.45, 7) is 7.94. The highest BCUT2D eigenvalue weighted by molar-refractivity contribution is 7.22. The van der Waals surface area contributed by atoms with Gasteiger partial charge in [-0.15, -0.1) is 10.2 Å². The van der Waals surface area contributed by atoms with Crippen LogP contribution in [0.3, 0.4) is 0 Å². The van der Waals surface area contributed by atoms with E-state index in [1.807, 2.05) is 10.6 Å². The predicted molar refractivity (Wildman–Crippen MR) is 104 cm³/mol. The molecule has 0 unspecified atom stereocenters. The molecule has 0 saturated carbocycles. The number of hydrogen-bond acceptors (Lipinski definition) is 7. The Kier molecular flexibility index (Phi) is 3.53. The summed E-state index contributed by atoms with van der Waals surface area (Å²) in [4.78, 5) is 14.1. The minimum atomic E-state index is 0.812. The number of nitrogens with zero attached hydrogens (tertiary/aromatic N) is 7. The molecule has 0 aliphatic carbocycles. The molecule has 0 atom stereocenters. The molecule has 3 aromatic heterocycles. The van der Waals surface area contributed by atoms with Crippen molar-refractivity contribution in [2.24, 2.45) is 0 Å². The van der Waals surface area contributed by atoms with E-state index in [2.05, 4.69) is 51.0 Å². The molecule has 8 heteroatoms. The second kappa shape index (κ2) is 5.91. The van der Waals surface area contributed by atoms with Crippen LogP contribution in [0.25, 0.3) is 15.9 Å². The van der Waals surface area contributed by atoms with Crippen LogP contribution in [0.1, 0.15) is 11.1 Å². The Hall–Kier alpha value is -2.74. The van der Waals surface area contributed by atoms with Gasteiger partial charge in [-0.1, -0.05) is 23.5 Å². The van der Waals surface area contributed by atoms with Gasteiger partial charge in [-0.05, 0) is 25.0 Å². The van der Waals surface area contributed by atoms with Crippen LogP contribution in [0.2, 0.25) is 0 Å². The van der Waals surface area contributed by atoms with Crippen LogP contribution in [0.5, 0.6) is 0 Å². The molecule has 1 aromatic carbocycles. The molecule has 0 radical (unpaired) electrons. The zero-order valence-corrected chi connectivity index (χ0v) is 15.6. The molecule has 1 fully saturated rings. The average Bonchev–Trinajstić information content (AvgIpc) is 3.32. The Morgan fingerprint density at radius 1 is 1.00 bits per heavy atom. The molecule has 0 amide bonds. The van der Waals surface area contributed by atoms with Crippen molar-refractivity contribution in [3.63, 3.8) is 0 Å². The Balaban J connectivity index is 1.40. The molecule has 4 aromatic rings. The summed E-state index contributed by atoms with van der Waals surface area (Å²) < 4.78 is 3.21. The first-order chi connectivity index (χ1) is 12.7. The molecular formula is C18H19N7S. The lowest BCUT2D eigenvalue weighted by molar-refractivity contribution is 0.646. The lowest BCUT2D eigenvalue weighted by Gasteiger charge is -2.35. The first kappa shape index (κ1) is 15.5. The number of rotatable bonds is 2. The summed E-state index contributed by atoms with van der Waals surface area (Å²) in [6.07, 6.45) is 5.39. The number of piperazine rings is 1. The molecule has 132 valence electrons. The van der Waals surface area contributed by atoms with Crippen molar-refractivity contribution in [1.82, 2.24) is 24.6 Å². The van der Waals surface area contributed by atoms with E-state index in [4.69, 9.17) is 4.98 Å². The van der Waals surface area contributed by atoms with Gasteiger partial charge in [0.1, 0.15) is 6.33 Å². The minimum Gasteiger partial charge on any atom is -0.350 e. The largest absolute Gasteiger partial charge is 0.350 e. The third-order valence-electron chi connectivity index (χ3n) is 4.98. The van der Waals surface area contributed by atoms with E-state index in [-0.39, 0.29) is 0 Å². The van der Waals surface area contributed by atoms with Gasteiger partial charge in [0, 0.05) is 38.6 Å². The smallest absolute Gasteiger partial charge is 0.203 e. The maximum absolute atomic E-state index is 4.92. The minimum absolute atomic E-state index is 0.812. The van der Waals surface area contributed by atoms with Gasteiger partial charge in [-0.3, -0.25) is 4.40 Å². The van der Waals surface area contributed by atoms with E-state index >= 15 is 0 Å². The Bertz CT molecular complexity index is 1050. The van der Waals surface area contributed by atoms with Gasteiger partial charge in [-0.25, -0.2) is 9.97 Å². The second-order valence-electron chi connectivity index (χ2n) is 6.66. The highest BCUT2D eigenvalue weighted by Gasteiger charge is 2.23.